The molecular formula is C19H28N2O3. The highest BCUT2D eigenvalue weighted by molar-refractivity contribution is 5.96. The lowest BCUT2D eigenvalue weighted by molar-refractivity contribution is -0.123. The SMILES string of the molecule is CCC(CC)C(=O)N(c1ccc(NC(C)=O)cc1)C1CCOCC1. The predicted molar refractivity (Wildman–Crippen MR) is 96.1 cm³/mol. The molecule has 24 heavy (non-hydrogen) atoms. The number of carbonyl (C=O) groups excluding carboxylic acids is 2. The molecule has 1 aromatic rings. The van der Waals surface area contributed by atoms with Gasteiger partial charge in [0.05, 0.1) is 0 Å². The number of nitrogens with one attached hydrogen (secondary N) is 1. The number of anilines is 2. The van der Waals surface area contributed by atoms with Crippen molar-refractivity contribution >= 4 is 23.2 Å². The van der Waals surface area contributed by atoms with E-state index in [4.69, 9.17) is 4.74 Å². The highest BCUT2D eigenvalue weighted by Gasteiger charge is 2.30. The van der Waals surface area contributed by atoms with Crippen LogP contribution < -0.4 is 10.2 Å². The van der Waals surface area contributed by atoms with Gasteiger partial charge in [0, 0.05) is 43.5 Å². The summed E-state index contributed by atoms with van der Waals surface area (Å²) >= 11 is 0. The Balaban J connectivity index is 2.27. The lowest BCUT2D eigenvalue weighted by Gasteiger charge is -2.36. The van der Waals surface area contributed by atoms with Crippen LogP contribution in [0.25, 0.3) is 0 Å². The van der Waals surface area contributed by atoms with Gasteiger partial charge in [0.15, 0.2) is 0 Å². The maximum atomic E-state index is 13.1. The smallest absolute Gasteiger partial charge is 0.230 e. The minimum Gasteiger partial charge on any atom is -0.381 e. The molecule has 1 saturated heterocycles. The van der Waals surface area contributed by atoms with E-state index in [2.05, 4.69) is 19.2 Å². The van der Waals surface area contributed by atoms with E-state index in [9.17, 15) is 9.59 Å². The van der Waals surface area contributed by atoms with Crippen LogP contribution in [0.4, 0.5) is 11.4 Å². The highest BCUT2D eigenvalue weighted by atomic mass is 16.5. The Morgan fingerprint density at radius 1 is 1.17 bits per heavy atom. The van der Waals surface area contributed by atoms with Gasteiger partial charge in [-0.25, -0.2) is 0 Å². The molecule has 2 rings (SSSR count). The van der Waals surface area contributed by atoms with E-state index in [0.29, 0.717) is 13.2 Å². The largest absolute Gasteiger partial charge is 0.381 e. The monoisotopic (exact) mass is 332 g/mol. The number of hydrogen-bond acceptors (Lipinski definition) is 3. The van der Waals surface area contributed by atoms with Crippen LogP contribution >= 0.6 is 0 Å². The van der Waals surface area contributed by atoms with Crippen LogP contribution in [0, 0.1) is 5.92 Å². The maximum absolute atomic E-state index is 13.1. The Hall–Kier alpha value is -1.88. The number of benzene rings is 1. The van der Waals surface area contributed by atoms with E-state index < -0.39 is 0 Å². The quantitative estimate of drug-likeness (QED) is 0.866. The molecule has 1 N–H and O–H groups in total. The zero-order valence-corrected chi connectivity index (χ0v) is 14.9. The van der Waals surface area contributed by atoms with Crippen molar-refractivity contribution in [2.75, 3.05) is 23.4 Å². The first-order valence-electron chi connectivity index (χ1n) is 8.85. The molecule has 5 nitrogen and oxygen atoms in total. The molecule has 1 heterocycles. The first-order chi connectivity index (χ1) is 11.6. The molecule has 0 aromatic heterocycles. The molecular weight excluding hydrogens is 304 g/mol. The van der Waals surface area contributed by atoms with Crippen LogP contribution in [-0.2, 0) is 14.3 Å². The molecule has 0 saturated carbocycles. The van der Waals surface area contributed by atoms with E-state index >= 15 is 0 Å². The van der Waals surface area contributed by atoms with Crippen molar-refractivity contribution in [2.45, 2.75) is 52.5 Å². The van der Waals surface area contributed by atoms with Crippen molar-refractivity contribution in [2.24, 2.45) is 5.92 Å². The maximum Gasteiger partial charge on any atom is 0.230 e. The standard InChI is InChI=1S/C19H28N2O3/c1-4-15(5-2)19(23)21(18-10-12-24-13-11-18)17-8-6-16(7-9-17)20-14(3)22/h6-9,15,18H,4-5,10-13H2,1-3H3,(H,20,22). The summed E-state index contributed by atoms with van der Waals surface area (Å²) in [6, 6.07) is 7.72. The Kier molecular flexibility index (Phi) is 6.79. The van der Waals surface area contributed by atoms with E-state index in [1.54, 1.807) is 0 Å². The van der Waals surface area contributed by atoms with Crippen LogP contribution in [0.1, 0.15) is 46.5 Å². The third-order valence-electron chi connectivity index (χ3n) is 4.59. The molecule has 1 aliphatic heterocycles. The van der Waals surface area contributed by atoms with Crippen LogP contribution in [0.3, 0.4) is 0 Å². The van der Waals surface area contributed by atoms with E-state index in [0.717, 1.165) is 37.1 Å². The van der Waals surface area contributed by atoms with Crippen LogP contribution in [0.15, 0.2) is 24.3 Å². The Bertz CT molecular complexity index is 546. The molecule has 0 bridgehead atoms. The van der Waals surface area contributed by atoms with Gasteiger partial charge in [0.25, 0.3) is 0 Å². The van der Waals surface area contributed by atoms with Gasteiger partial charge in [-0.15, -0.1) is 0 Å². The van der Waals surface area contributed by atoms with Gasteiger partial charge in [0.2, 0.25) is 11.8 Å². The van der Waals surface area contributed by atoms with Crippen molar-refractivity contribution < 1.29 is 14.3 Å². The summed E-state index contributed by atoms with van der Waals surface area (Å²) in [5.41, 5.74) is 1.64. The van der Waals surface area contributed by atoms with Gasteiger partial charge < -0.3 is 15.0 Å². The van der Waals surface area contributed by atoms with Crippen LogP contribution in [0.2, 0.25) is 0 Å². The Labute approximate surface area is 144 Å². The molecule has 0 radical (unpaired) electrons. The molecule has 2 amide bonds. The van der Waals surface area contributed by atoms with E-state index in [1.165, 1.54) is 6.92 Å². The fraction of sp³-hybridized carbons (Fsp3) is 0.579. The molecule has 132 valence electrons. The first kappa shape index (κ1) is 18.5. The third-order valence-corrected chi connectivity index (χ3v) is 4.59. The molecule has 0 aliphatic carbocycles. The van der Waals surface area contributed by atoms with Crippen molar-refractivity contribution in [3.8, 4) is 0 Å². The second-order valence-corrected chi connectivity index (χ2v) is 6.29. The molecule has 0 unspecified atom stereocenters. The number of amides is 2. The number of carbonyl (C=O) groups is 2. The van der Waals surface area contributed by atoms with Gasteiger partial charge in [-0.1, -0.05) is 13.8 Å². The van der Waals surface area contributed by atoms with Gasteiger partial charge in [-0.3, -0.25) is 9.59 Å². The second-order valence-electron chi connectivity index (χ2n) is 6.29. The summed E-state index contributed by atoms with van der Waals surface area (Å²) in [6.45, 7) is 7.00. The predicted octanol–water partition coefficient (Wildman–Crippen LogP) is 3.59. The normalized spacial score (nSPS) is 15.3. The highest BCUT2D eigenvalue weighted by Crippen LogP contribution is 2.28. The van der Waals surface area contributed by atoms with Gasteiger partial charge >= 0.3 is 0 Å². The topological polar surface area (TPSA) is 58.6 Å². The van der Waals surface area contributed by atoms with E-state index in [-0.39, 0.29) is 23.8 Å². The lowest BCUT2D eigenvalue weighted by atomic mass is 9.98. The third kappa shape index (κ3) is 4.57. The molecule has 0 atom stereocenters. The zero-order chi connectivity index (χ0) is 17.5. The number of nitrogens with zero attached hydrogens (tertiary/aromatic N) is 1. The second kappa shape index (κ2) is 8.83. The van der Waals surface area contributed by atoms with Crippen molar-refractivity contribution in [3.05, 3.63) is 24.3 Å². The van der Waals surface area contributed by atoms with Gasteiger partial charge in [-0.2, -0.15) is 0 Å². The van der Waals surface area contributed by atoms with Crippen molar-refractivity contribution in [1.82, 2.24) is 0 Å². The summed E-state index contributed by atoms with van der Waals surface area (Å²) in [5, 5.41) is 2.76. The summed E-state index contributed by atoms with van der Waals surface area (Å²) in [4.78, 5) is 26.2. The number of ether oxygens (including phenoxy) is 1. The molecule has 1 aliphatic rings. The average Bonchev–Trinajstić information content (AvgIpc) is 2.58. The Morgan fingerprint density at radius 3 is 2.25 bits per heavy atom. The van der Waals surface area contributed by atoms with Gasteiger partial charge in [-0.05, 0) is 49.9 Å². The fourth-order valence-corrected chi connectivity index (χ4v) is 3.20. The molecule has 0 spiro atoms. The van der Waals surface area contributed by atoms with Crippen LogP contribution in [0.5, 0.6) is 0 Å². The summed E-state index contributed by atoms with van der Waals surface area (Å²) in [5.74, 6) is 0.138. The summed E-state index contributed by atoms with van der Waals surface area (Å²) < 4.78 is 5.46. The molecule has 1 fully saturated rings. The zero-order valence-electron chi connectivity index (χ0n) is 14.9. The molecule has 5 heteroatoms. The van der Waals surface area contributed by atoms with Gasteiger partial charge in [0.1, 0.15) is 0 Å². The minimum absolute atomic E-state index is 0.0443. The van der Waals surface area contributed by atoms with E-state index in [1.807, 2.05) is 29.2 Å². The summed E-state index contributed by atoms with van der Waals surface area (Å²) in [7, 11) is 0. The Morgan fingerprint density at radius 2 is 1.75 bits per heavy atom. The van der Waals surface area contributed by atoms with Crippen molar-refractivity contribution in [1.29, 1.82) is 0 Å². The van der Waals surface area contributed by atoms with Crippen LogP contribution in [-0.4, -0.2) is 31.1 Å². The minimum atomic E-state index is -0.0999. The average molecular weight is 332 g/mol. The molecule has 1 aromatic carbocycles. The lowest BCUT2D eigenvalue weighted by Crippen LogP contribution is -2.46. The number of rotatable bonds is 6. The van der Waals surface area contributed by atoms with Crippen molar-refractivity contribution in [3.63, 3.8) is 0 Å². The summed E-state index contributed by atoms with van der Waals surface area (Å²) in [6.07, 6.45) is 3.41. The number of hydrogen-bond donors (Lipinski definition) is 1. The fourth-order valence-electron chi connectivity index (χ4n) is 3.20. The first-order valence-corrected chi connectivity index (χ1v) is 8.85.